The van der Waals surface area contributed by atoms with Gasteiger partial charge in [0.2, 0.25) is 5.91 Å². The second-order valence-corrected chi connectivity index (χ2v) is 8.29. The number of benzene rings is 2. The van der Waals surface area contributed by atoms with Crippen LogP contribution in [0.2, 0.25) is 0 Å². The Morgan fingerprint density at radius 2 is 1.97 bits per heavy atom. The number of H-pyrrole nitrogens is 1. The van der Waals surface area contributed by atoms with Crippen LogP contribution in [0.4, 0.5) is 5.69 Å². The highest BCUT2D eigenvalue weighted by Crippen LogP contribution is 2.23. The molecule has 2 aromatic carbocycles. The lowest BCUT2D eigenvalue weighted by molar-refractivity contribution is -0.132. The van der Waals surface area contributed by atoms with Gasteiger partial charge in [0.15, 0.2) is 0 Å². The Labute approximate surface area is 179 Å². The molecular formula is C24H25N5O2. The van der Waals surface area contributed by atoms with Gasteiger partial charge in [0.05, 0.1) is 6.20 Å². The summed E-state index contributed by atoms with van der Waals surface area (Å²) in [4.78, 5) is 33.2. The summed E-state index contributed by atoms with van der Waals surface area (Å²) in [6.45, 7) is 6.17. The third-order valence-corrected chi connectivity index (χ3v) is 6.12. The van der Waals surface area contributed by atoms with Crippen molar-refractivity contribution in [2.45, 2.75) is 26.4 Å². The van der Waals surface area contributed by atoms with E-state index in [1.807, 2.05) is 29.2 Å². The minimum atomic E-state index is -0.270. The Morgan fingerprint density at radius 1 is 1.13 bits per heavy atom. The molecule has 5 rings (SSSR count). The van der Waals surface area contributed by atoms with Crippen molar-refractivity contribution in [2.24, 2.45) is 0 Å². The number of nitrogens with one attached hydrogen (secondary N) is 1. The first-order chi connectivity index (χ1) is 15.0. The summed E-state index contributed by atoms with van der Waals surface area (Å²) in [6.07, 6.45) is 1.67. The van der Waals surface area contributed by atoms with Gasteiger partial charge in [-0.1, -0.05) is 30.3 Å². The fourth-order valence-electron chi connectivity index (χ4n) is 4.49. The first-order valence-electron chi connectivity index (χ1n) is 10.6. The number of piperazine rings is 1. The van der Waals surface area contributed by atoms with Crippen molar-refractivity contribution in [3.8, 4) is 0 Å². The van der Waals surface area contributed by atoms with E-state index in [2.05, 4.69) is 53.1 Å². The van der Waals surface area contributed by atoms with Gasteiger partial charge in [-0.05, 0) is 37.6 Å². The molecular weight excluding hydrogens is 390 g/mol. The third kappa shape index (κ3) is 3.46. The molecule has 1 aliphatic heterocycles. The van der Waals surface area contributed by atoms with Gasteiger partial charge in [-0.2, -0.15) is 5.10 Å². The second kappa shape index (κ2) is 7.58. The van der Waals surface area contributed by atoms with E-state index in [0.717, 1.165) is 22.8 Å². The summed E-state index contributed by atoms with van der Waals surface area (Å²) >= 11 is 0. The Bertz CT molecular complexity index is 1340. The van der Waals surface area contributed by atoms with Crippen molar-refractivity contribution >= 4 is 33.4 Å². The molecule has 0 radical (unpaired) electrons. The van der Waals surface area contributed by atoms with E-state index >= 15 is 0 Å². The van der Waals surface area contributed by atoms with Crippen LogP contribution in [0.5, 0.6) is 0 Å². The van der Waals surface area contributed by atoms with Crippen LogP contribution in [0.15, 0.2) is 59.5 Å². The molecule has 1 N–H and O–H groups in total. The van der Waals surface area contributed by atoms with Gasteiger partial charge in [0, 0.05) is 47.7 Å². The van der Waals surface area contributed by atoms with Crippen LogP contribution in [0, 0.1) is 6.92 Å². The SMILES string of the molecule is Cc1cccc(N2CCN(C(=O)Cn3ncc4c([nH]c5ccccc54)c3=O)C[C@H]2C)c1. The molecule has 0 aliphatic carbocycles. The minimum Gasteiger partial charge on any atom is -0.365 e. The number of carbonyl (C=O) groups is 1. The summed E-state index contributed by atoms with van der Waals surface area (Å²) in [5.41, 5.74) is 3.51. The van der Waals surface area contributed by atoms with Crippen LogP contribution >= 0.6 is 0 Å². The maximum Gasteiger partial charge on any atom is 0.291 e. The summed E-state index contributed by atoms with van der Waals surface area (Å²) in [5, 5.41) is 6.02. The average molecular weight is 415 g/mol. The Morgan fingerprint density at radius 3 is 2.77 bits per heavy atom. The van der Waals surface area contributed by atoms with Crippen molar-refractivity contribution in [3.63, 3.8) is 0 Å². The number of anilines is 1. The molecule has 1 fully saturated rings. The highest BCUT2D eigenvalue weighted by atomic mass is 16.2. The molecule has 1 atom stereocenters. The van der Waals surface area contributed by atoms with E-state index in [4.69, 9.17) is 0 Å². The number of rotatable bonds is 3. The molecule has 0 unspecified atom stereocenters. The summed E-state index contributed by atoms with van der Waals surface area (Å²) < 4.78 is 1.26. The van der Waals surface area contributed by atoms with Crippen molar-refractivity contribution in [1.82, 2.24) is 19.7 Å². The monoisotopic (exact) mass is 415 g/mol. The van der Waals surface area contributed by atoms with Crippen LogP contribution in [0.3, 0.4) is 0 Å². The summed E-state index contributed by atoms with van der Waals surface area (Å²) in [5.74, 6) is -0.0826. The standard InChI is InChI=1S/C24H25N5O2/c1-16-6-5-7-18(12-16)28-11-10-27(14-17(28)2)22(30)15-29-24(31)23-20(13-25-29)19-8-3-4-9-21(19)26-23/h3-9,12-13,17,26H,10-11,14-15H2,1-2H3/t17-/m1/s1. The first kappa shape index (κ1) is 19.4. The van der Waals surface area contributed by atoms with Crippen LogP contribution in [0.1, 0.15) is 12.5 Å². The topological polar surface area (TPSA) is 74.2 Å². The lowest BCUT2D eigenvalue weighted by Crippen LogP contribution is -2.54. The van der Waals surface area contributed by atoms with Crippen molar-refractivity contribution < 1.29 is 4.79 Å². The molecule has 1 saturated heterocycles. The minimum absolute atomic E-state index is 0.0543. The zero-order valence-corrected chi connectivity index (χ0v) is 17.7. The van der Waals surface area contributed by atoms with Crippen molar-refractivity contribution in [2.75, 3.05) is 24.5 Å². The maximum absolute atomic E-state index is 13.0. The fraction of sp³-hybridized carbons (Fsp3) is 0.292. The Kier molecular flexibility index (Phi) is 4.73. The Hall–Kier alpha value is -3.61. The van der Waals surface area contributed by atoms with Crippen molar-refractivity contribution in [1.29, 1.82) is 0 Å². The van der Waals surface area contributed by atoms with Gasteiger partial charge >= 0.3 is 0 Å². The quantitative estimate of drug-likeness (QED) is 0.558. The smallest absolute Gasteiger partial charge is 0.291 e. The average Bonchev–Trinajstić information content (AvgIpc) is 3.15. The van der Waals surface area contributed by atoms with E-state index in [1.54, 1.807) is 6.20 Å². The molecule has 0 spiro atoms. The zero-order chi connectivity index (χ0) is 21.5. The number of aryl methyl sites for hydroxylation is 1. The van der Waals surface area contributed by atoms with Crippen molar-refractivity contribution in [3.05, 3.63) is 70.6 Å². The van der Waals surface area contributed by atoms with Crippen LogP contribution < -0.4 is 10.5 Å². The second-order valence-electron chi connectivity index (χ2n) is 8.29. The van der Waals surface area contributed by atoms with Gasteiger partial charge in [-0.15, -0.1) is 0 Å². The van der Waals surface area contributed by atoms with E-state index in [1.165, 1.54) is 15.9 Å². The number of carbonyl (C=O) groups excluding carboxylic acids is 1. The predicted molar refractivity (Wildman–Crippen MR) is 122 cm³/mol. The number of aromatic amines is 1. The van der Waals surface area contributed by atoms with E-state index < -0.39 is 0 Å². The van der Waals surface area contributed by atoms with Gasteiger partial charge in [0.1, 0.15) is 12.1 Å². The highest BCUT2D eigenvalue weighted by Gasteiger charge is 2.27. The molecule has 1 amide bonds. The molecule has 2 aromatic heterocycles. The number of amides is 1. The molecule has 31 heavy (non-hydrogen) atoms. The first-order valence-corrected chi connectivity index (χ1v) is 10.6. The number of fused-ring (bicyclic) bond motifs is 3. The van der Waals surface area contributed by atoms with Gasteiger partial charge < -0.3 is 14.8 Å². The fourth-order valence-corrected chi connectivity index (χ4v) is 4.49. The lowest BCUT2D eigenvalue weighted by atomic mass is 10.1. The molecule has 7 heteroatoms. The summed E-state index contributed by atoms with van der Waals surface area (Å²) in [7, 11) is 0. The van der Waals surface area contributed by atoms with Gasteiger partial charge in [-0.25, -0.2) is 4.68 Å². The number of hydrogen-bond acceptors (Lipinski definition) is 4. The molecule has 1 aliphatic rings. The maximum atomic E-state index is 13.0. The number of aromatic nitrogens is 3. The Balaban J connectivity index is 1.34. The number of para-hydroxylation sites is 1. The normalized spacial score (nSPS) is 16.9. The van der Waals surface area contributed by atoms with E-state index in [9.17, 15) is 9.59 Å². The number of nitrogens with zero attached hydrogens (tertiary/aromatic N) is 4. The molecule has 0 bridgehead atoms. The predicted octanol–water partition coefficient (Wildman–Crippen LogP) is 2.92. The third-order valence-electron chi connectivity index (χ3n) is 6.12. The van der Waals surface area contributed by atoms with Gasteiger partial charge in [-0.3, -0.25) is 9.59 Å². The molecule has 3 heterocycles. The molecule has 7 nitrogen and oxygen atoms in total. The molecule has 0 saturated carbocycles. The van der Waals surface area contributed by atoms with E-state index in [0.29, 0.717) is 18.6 Å². The lowest BCUT2D eigenvalue weighted by Gasteiger charge is -2.41. The molecule has 158 valence electrons. The van der Waals surface area contributed by atoms with Crippen LogP contribution in [0.25, 0.3) is 21.8 Å². The highest BCUT2D eigenvalue weighted by molar-refractivity contribution is 6.06. The van der Waals surface area contributed by atoms with E-state index in [-0.39, 0.29) is 24.1 Å². The summed E-state index contributed by atoms with van der Waals surface area (Å²) in [6, 6.07) is 16.4. The zero-order valence-electron chi connectivity index (χ0n) is 17.7. The molecule has 4 aromatic rings. The number of hydrogen-bond donors (Lipinski definition) is 1. The van der Waals surface area contributed by atoms with Crippen LogP contribution in [-0.4, -0.2) is 51.2 Å². The van der Waals surface area contributed by atoms with Gasteiger partial charge in [0.25, 0.3) is 5.56 Å². The van der Waals surface area contributed by atoms with Crippen LogP contribution in [-0.2, 0) is 11.3 Å². The largest absolute Gasteiger partial charge is 0.365 e.